The number of hydrogen-bond donors (Lipinski definition) is 1. The lowest BCUT2D eigenvalue weighted by Gasteiger charge is -2.12. The van der Waals surface area contributed by atoms with E-state index in [2.05, 4.69) is 0 Å². The van der Waals surface area contributed by atoms with Crippen LogP contribution in [0.5, 0.6) is 0 Å². The molecule has 0 aliphatic heterocycles. The molecule has 11 heavy (non-hydrogen) atoms. The number of rotatable bonds is 1. The Morgan fingerprint density at radius 3 is 2.73 bits per heavy atom. The molecule has 0 amide bonds. The van der Waals surface area contributed by atoms with E-state index in [1.54, 1.807) is 0 Å². The molecule has 0 heterocycles. The molecule has 0 radical (unpaired) electrons. The van der Waals surface area contributed by atoms with E-state index >= 15 is 0 Å². The number of hydrogen-bond acceptors (Lipinski definition) is 1. The standard InChI is InChI=1S/C9H14O2/c10-9(11)8-5-4-6-2-1-3-7(6)8/h6-8H,1-5H2,(H,10,11)/t6-,7-,8?/m0/s1. The third-order valence-corrected chi connectivity index (χ3v) is 3.40. The van der Waals surface area contributed by atoms with Crippen LogP contribution in [0.4, 0.5) is 0 Å². The highest BCUT2D eigenvalue weighted by Crippen LogP contribution is 2.47. The first-order chi connectivity index (χ1) is 5.29. The third kappa shape index (κ3) is 1.05. The van der Waals surface area contributed by atoms with Gasteiger partial charge in [0, 0.05) is 0 Å². The van der Waals surface area contributed by atoms with Gasteiger partial charge in [0.25, 0.3) is 0 Å². The van der Waals surface area contributed by atoms with Crippen LogP contribution in [0, 0.1) is 17.8 Å². The fraction of sp³-hybridized carbons (Fsp3) is 0.889. The summed E-state index contributed by atoms with van der Waals surface area (Å²) >= 11 is 0. The fourth-order valence-corrected chi connectivity index (χ4v) is 2.87. The Labute approximate surface area is 66.6 Å². The molecule has 2 aliphatic rings. The quantitative estimate of drug-likeness (QED) is 0.626. The highest BCUT2D eigenvalue weighted by atomic mass is 16.4. The summed E-state index contributed by atoms with van der Waals surface area (Å²) in [6.45, 7) is 0. The molecule has 1 N–H and O–H groups in total. The van der Waals surface area contributed by atoms with Crippen molar-refractivity contribution >= 4 is 5.97 Å². The molecule has 2 nitrogen and oxygen atoms in total. The number of aliphatic carboxylic acids is 1. The molecule has 2 saturated carbocycles. The first kappa shape index (κ1) is 7.14. The Balaban J connectivity index is 2.08. The van der Waals surface area contributed by atoms with Crippen molar-refractivity contribution in [3.8, 4) is 0 Å². The van der Waals surface area contributed by atoms with Crippen LogP contribution in [0.1, 0.15) is 32.1 Å². The molecule has 2 fully saturated rings. The van der Waals surface area contributed by atoms with Gasteiger partial charge in [0.15, 0.2) is 0 Å². The average molecular weight is 154 g/mol. The van der Waals surface area contributed by atoms with Gasteiger partial charge in [-0.3, -0.25) is 4.79 Å². The van der Waals surface area contributed by atoms with Crippen LogP contribution in [0.2, 0.25) is 0 Å². The second-order valence-electron chi connectivity index (χ2n) is 3.88. The maximum Gasteiger partial charge on any atom is 0.306 e. The number of carboxylic acids is 1. The molecule has 0 aromatic rings. The largest absolute Gasteiger partial charge is 0.481 e. The van der Waals surface area contributed by atoms with Crippen LogP contribution in [0.3, 0.4) is 0 Å². The highest BCUT2D eigenvalue weighted by Gasteiger charge is 2.42. The van der Waals surface area contributed by atoms with Crippen LogP contribution < -0.4 is 0 Å². The van der Waals surface area contributed by atoms with E-state index in [0.29, 0.717) is 5.92 Å². The fourth-order valence-electron chi connectivity index (χ4n) is 2.87. The molecule has 0 saturated heterocycles. The van der Waals surface area contributed by atoms with Crippen LogP contribution in [-0.4, -0.2) is 11.1 Å². The van der Waals surface area contributed by atoms with Gasteiger partial charge in [-0.1, -0.05) is 12.8 Å². The maximum atomic E-state index is 10.7. The predicted molar refractivity (Wildman–Crippen MR) is 41.2 cm³/mol. The maximum absolute atomic E-state index is 10.7. The lowest BCUT2D eigenvalue weighted by Crippen LogP contribution is -2.18. The first-order valence-corrected chi connectivity index (χ1v) is 4.52. The zero-order valence-electron chi connectivity index (χ0n) is 6.62. The minimum absolute atomic E-state index is 0.00231. The van der Waals surface area contributed by atoms with Crippen LogP contribution in [0.25, 0.3) is 0 Å². The zero-order chi connectivity index (χ0) is 7.84. The molecule has 2 aliphatic carbocycles. The molecule has 3 atom stereocenters. The SMILES string of the molecule is O=C(O)C1CC[C@@H]2CCC[C@H]12. The second-order valence-corrected chi connectivity index (χ2v) is 3.88. The smallest absolute Gasteiger partial charge is 0.306 e. The third-order valence-electron chi connectivity index (χ3n) is 3.40. The lowest BCUT2D eigenvalue weighted by atomic mass is 9.92. The van der Waals surface area contributed by atoms with Gasteiger partial charge in [-0.2, -0.15) is 0 Å². The molecule has 1 unspecified atom stereocenters. The second kappa shape index (κ2) is 2.50. The van der Waals surface area contributed by atoms with Crippen molar-refractivity contribution in [2.45, 2.75) is 32.1 Å². The van der Waals surface area contributed by atoms with Crippen molar-refractivity contribution in [1.82, 2.24) is 0 Å². The van der Waals surface area contributed by atoms with Gasteiger partial charge >= 0.3 is 5.97 Å². The summed E-state index contributed by atoms with van der Waals surface area (Å²) < 4.78 is 0. The van der Waals surface area contributed by atoms with Crippen molar-refractivity contribution in [1.29, 1.82) is 0 Å². The summed E-state index contributed by atoms with van der Waals surface area (Å²) in [7, 11) is 0. The highest BCUT2D eigenvalue weighted by molar-refractivity contribution is 5.70. The van der Waals surface area contributed by atoms with Gasteiger partial charge in [-0.15, -0.1) is 0 Å². The van der Waals surface area contributed by atoms with Gasteiger partial charge in [-0.05, 0) is 31.1 Å². The average Bonchev–Trinajstić information content (AvgIpc) is 2.41. The van der Waals surface area contributed by atoms with E-state index in [9.17, 15) is 4.79 Å². The van der Waals surface area contributed by atoms with E-state index < -0.39 is 5.97 Å². The van der Waals surface area contributed by atoms with Crippen molar-refractivity contribution < 1.29 is 9.90 Å². The minimum Gasteiger partial charge on any atom is -0.481 e. The molecule has 0 bridgehead atoms. The van der Waals surface area contributed by atoms with Gasteiger partial charge in [0.05, 0.1) is 5.92 Å². The van der Waals surface area contributed by atoms with Crippen molar-refractivity contribution in [3.05, 3.63) is 0 Å². The Kier molecular flexibility index (Phi) is 1.63. The van der Waals surface area contributed by atoms with Crippen molar-refractivity contribution in [2.75, 3.05) is 0 Å². The summed E-state index contributed by atoms with van der Waals surface area (Å²) in [4.78, 5) is 10.7. The molecule has 62 valence electrons. The van der Waals surface area contributed by atoms with Gasteiger partial charge in [0.1, 0.15) is 0 Å². The van der Waals surface area contributed by atoms with Crippen LogP contribution in [-0.2, 0) is 4.79 Å². The Bertz CT molecular complexity index is 176. The number of fused-ring (bicyclic) bond motifs is 1. The molecular weight excluding hydrogens is 140 g/mol. The molecular formula is C9H14O2. The Morgan fingerprint density at radius 2 is 2.00 bits per heavy atom. The summed E-state index contributed by atoms with van der Waals surface area (Å²) in [5.41, 5.74) is 0. The predicted octanol–water partition coefficient (Wildman–Crippen LogP) is 1.90. The van der Waals surface area contributed by atoms with Crippen LogP contribution >= 0.6 is 0 Å². The molecule has 2 rings (SSSR count). The van der Waals surface area contributed by atoms with Crippen molar-refractivity contribution in [3.63, 3.8) is 0 Å². The van der Waals surface area contributed by atoms with Crippen molar-refractivity contribution in [2.24, 2.45) is 17.8 Å². The molecule has 0 aromatic carbocycles. The summed E-state index contributed by atoms with van der Waals surface area (Å²) in [6.07, 6.45) is 5.82. The summed E-state index contributed by atoms with van der Waals surface area (Å²) in [5, 5.41) is 8.86. The van der Waals surface area contributed by atoms with E-state index in [-0.39, 0.29) is 5.92 Å². The Morgan fingerprint density at radius 1 is 1.18 bits per heavy atom. The lowest BCUT2D eigenvalue weighted by molar-refractivity contribution is -0.143. The Hall–Kier alpha value is -0.530. The van der Waals surface area contributed by atoms with Crippen LogP contribution in [0.15, 0.2) is 0 Å². The normalized spacial score (nSPS) is 42.4. The summed E-state index contributed by atoms with van der Waals surface area (Å²) in [5.74, 6) is 0.741. The van der Waals surface area contributed by atoms with E-state index in [0.717, 1.165) is 12.3 Å². The molecule has 2 heteroatoms. The van der Waals surface area contributed by atoms with Gasteiger partial charge in [0.2, 0.25) is 0 Å². The van der Waals surface area contributed by atoms with E-state index in [1.807, 2.05) is 0 Å². The topological polar surface area (TPSA) is 37.3 Å². The van der Waals surface area contributed by atoms with E-state index in [1.165, 1.54) is 25.7 Å². The van der Waals surface area contributed by atoms with Gasteiger partial charge < -0.3 is 5.11 Å². The molecule has 0 spiro atoms. The summed E-state index contributed by atoms with van der Waals surface area (Å²) in [6, 6.07) is 0. The minimum atomic E-state index is -0.556. The zero-order valence-corrected chi connectivity index (χ0v) is 6.62. The first-order valence-electron chi connectivity index (χ1n) is 4.52. The monoisotopic (exact) mass is 154 g/mol. The number of carbonyl (C=O) groups is 1. The van der Waals surface area contributed by atoms with E-state index in [4.69, 9.17) is 5.11 Å². The molecule has 0 aromatic heterocycles. The number of carboxylic acid groups (broad SMARTS) is 1. The van der Waals surface area contributed by atoms with Gasteiger partial charge in [-0.25, -0.2) is 0 Å².